The largest absolute Gasteiger partial charge is 0.490 e. The Balaban J connectivity index is 1.65. The summed E-state index contributed by atoms with van der Waals surface area (Å²) in [5, 5.41) is 0.336. The van der Waals surface area contributed by atoms with Crippen molar-refractivity contribution in [1.29, 1.82) is 0 Å². The van der Waals surface area contributed by atoms with Gasteiger partial charge in [-0.3, -0.25) is 9.59 Å². The second kappa shape index (κ2) is 10.9. The van der Waals surface area contributed by atoms with Crippen LogP contribution in [0.4, 0.5) is 4.39 Å². The average molecular weight is 580 g/mol. The second-order valence-electron chi connectivity index (χ2n) is 13.0. The van der Waals surface area contributed by atoms with Crippen molar-refractivity contribution in [3.05, 3.63) is 80.9 Å². The number of carbonyl (C=O) groups is 2. The van der Waals surface area contributed by atoms with Gasteiger partial charge in [0.2, 0.25) is 0 Å². The molecule has 7 heteroatoms. The van der Waals surface area contributed by atoms with E-state index in [0.717, 1.165) is 35.4 Å². The Morgan fingerprint density at radius 3 is 1.95 bits per heavy atom. The van der Waals surface area contributed by atoms with Gasteiger partial charge in [0.25, 0.3) is 0 Å². The molecule has 2 aliphatic carbocycles. The highest BCUT2D eigenvalue weighted by Gasteiger charge is 2.48. The molecule has 0 aromatic heterocycles. The number of Topliss-reactive ketones (excluding diaryl/α,β-unsaturated/α-hetero) is 2. The van der Waals surface area contributed by atoms with Crippen molar-refractivity contribution in [2.24, 2.45) is 10.8 Å². The normalized spacial score (nSPS) is 20.2. The van der Waals surface area contributed by atoms with E-state index in [9.17, 15) is 14.0 Å². The Morgan fingerprint density at radius 2 is 1.44 bits per heavy atom. The zero-order valence-electron chi connectivity index (χ0n) is 24.8. The Bertz CT molecular complexity index is 1400. The molecule has 0 spiro atoms. The van der Waals surface area contributed by atoms with Gasteiger partial charge in [-0.2, -0.15) is 0 Å². The summed E-state index contributed by atoms with van der Waals surface area (Å²) in [7, 11) is 0. The number of halogens is 2. The first-order valence-electron chi connectivity index (χ1n) is 14.5. The van der Waals surface area contributed by atoms with E-state index in [0.29, 0.717) is 53.7 Å². The number of allylic oxidation sites excluding steroid dienone is 4. The molecule has 3 aliphatic rings. The van der Waals surface area contributed by atoms with Crippen LogP contribution in [0.2, 0.25) is 5.02 Å². The van der Waals surface area contributed by atoms with Crippen LogP contribution >= 0.6 is 11.6 Å². The van der Waals surface area contributed by atoms with E-state index >= 15 is 0 Å². The maximum Gasteiger partial charge on any atom is 0.180 e. The lowest BCUT2D eigenvalue weighted by Crippen LogP contribution is -2.44. The number of nitrogens with zero attached hydrogens (tertiary/aromatic N) is 1. The van der Waals surface area contributed by atoms with Gasteiger partial charge in [0.15, 0.2) is 23.1 Å². The highest BCUT2D eigenvalue weighted by atomic mass is 35.5. The topological polar surface area (TPSA) is 55.8 Å². The molecular weight excluding hydrogens is 541 g/mol. The van der Waals surface area contributed by atoms with Crippen molar-refractivity contribution in [3.8, 4) is 11.5 Å². The number of hydrogen-bond donors (Lipinski definition) is 0. The zero-order chi connectivity index (χ0) is 29.7. The Hall–Kier alpha value is -3.12. The number of carbonyl (C=O) groups excluding carboxylic acids is 2. The quantitative estimate of drug-likeness (QED) is 0.331. The molecule has 0 fully saturated rings. The predicted molar refractivity (Wildman–Crippen MR) is 159 cm³/mol. The first-order valence-corrected chi connectivity index (χ1v) is 14.9. The van der Waals surface area contributed by atoms with Crippen molar-refractivity contribution in [3.63, 3.8) is 0 Å². The fraction of sp³-hybridized carbons (Fsp3) is 0.471. The first kappa shape index (κ1) is 29.4. The van der Waals surface area contributed by atoms with Crippen LogP contribution in [0.25, 0.3) is 0 Å². The molecule has 2 aromatic rings. The summed E-state index contributed by atoms with van der Waals surface area (Å²) >= 11 is 6.87. The number of ketones is 2. The summed E-state index contributed by atoms with van der Waals surface area (Å²) in [5.41, 5.74) is 4.65. The number of ether oxygens (including phenoxy) is 2. The van der Waals surface area contributed by atoms with Gasteiger partial charge >= 0.3 is 0 Å². The van der Waals surface area contributed by atoms with Gasteiger partial charge in [0.1, 0.15) is 12.4 Å². The van der Waals surface area contributed by atoms with Crippen LogP contribution in [0.15, 0.2) is 58.9 Å². The van der Waals surface area contributed by atoms with E-state index in [2.05, 4.69) is 39.5 Å². The summed E-state index contributed by atoms with van der Waals surface area (Å²) < 4.78 is 25.5. The molecule has 2 aromatic carbocycles. The maximum absolute atomic E-state index is 13.9. The third-order valence-electron chi connectivity index (χ3n) is 8.30. The molecular formula is C34H39ClFNO4. The fourth-order valence-corrected chi connectivity index (χ4v) is 6.93. The zero-order valence-corrected chi connectivity index (χ0v) is 25.6. The number of rotatable bonds is 7. The Kier molecular flexibility index (Phi) is 7.84. The Morgan fingerprint density at radius 1 is 0.878 bits per heavy atom. The summed E-state index contributed by atoms with van der Waals surface area (Å²) in [6.45, 7) is 13.8. The highest BCUT2D eigenvalue weighted by molar-refractivity contribution is 6.32. The van der Waals surface area contributed by atoms with Crippen molar-refractivity contribution in [1.82, 2.24) is 4.90 Å². The van der Waals surface area contributed by atoms with Gasteiger partial charge in [-0.15, -0.1) is 0 Å². The number of hydrogen-bond acceptors (Lipinski definition) is 5. The van der Waals surface area contributed by atoms with Crippen LogP contribution < -0.4 is 9.47 Å². The lowest BCUT2D eigenvalue weighted by molar-refractivity contribution is -0.119. The summed E-state index contributed by atoms with van der Waals surface area (Å²) in [5.74, 6) is 0.153. The van der Waals surface area contributed by atoms with Gasteiger partial charge in [-0.1, -0.05) is 51.4 Å². The molecule has 1 heterocycles. The molecule has 218 valence electrons. The summed E-state index contributed by atoms with van der Waals surface area (Å²) in [4.78, 5) is 30.1. The monoisotopic (exact) mass is 579 g/mol. The van der Waals surface area contributed by atoms with Gasteiger partial charge < -0.3 is 14.4 Å². The molecule has 0 radical (unpaired) electrons. The summed E-state index contributed by atoms with van der Waals surface area (Å²) in [6.07, 6.45) is 2.36. The molecule has 41 heavy (non-hydrogen) atoms. The molecule has 5 nitrogen and oxygen atoms in total. The first-order chi connectivity index (χ1) is 19.3. The van der Waals surface area contributed by atoms with Crippen molar-refractivity contribution in [2.45, 2.75) is 79.8 Å². The molecule has 0 atom stereocenters. The minimum Gasteiger partial charge on any atom is -0.490 e. The third kappa shape index (κ3) is 5.68. The van der Waals surface area contributed by atoms with E-state index in [1.807, 2.05) is 19.1 Å². The highest BCUT2D eigenvalue weighted by Crippen LogP contribution is 2.55. The standard InChI is InChI=1S/C34H39ClFNO4/c1-7-37-24-15-33(3,4)17-26(38)30(24)29(31-25(37)16-34(5,6)18-27(31)39)21-13-23(35)32(28(14-21)40-8-2)41-19-20-9-11-22(36)12-10-20/h9-14,29H,7-8,15-19H2,1-6H3. The lowest BCUT2D eigenvalue weighted by atomic mass is 9.63. The maximum atomic E-state index is 13.9. The van der Waals surface area contributed by atoms with E-state index < -0.39 is 5.92 Å². The van der Waals surface area contributed by atoms with Crippen LogP contribution in [0.5, 0.6) is 11.5 Å². The smallest absolute Gasteiger partial charge is 0.180 e. The van der Waals surface area contributed by atoms with Crippen LogP contribution in [0, 0.1) is 16.6 Å². The van der Waals surface area contributed by atoms with E-state index in [1.54, 1.807) is 12.1 Å². The van der Waals surface area contributed by atoms with Crippen molar-refractivity contribution < 1.29 is 23.5 Å². The Labute approximate surface area is 247 Å². The predicted octanol–water partition coefficient (Wildman–Crippen LogP) is 8.16. The minimum atomic E-state index is -0.516. The fourth-order valence-electron chi connectivity index (χ4n) is 6.66. The van der Waals surface area contributed by atoms with Gasteiger partial charge in [-0.05, 0) is 72.9 Å². The minimum absolute atomic E-state index is 0.0783. The molecule has 0 N–H and O–H groups in total. The molecule has 1 aliphatic heterocycles. The van der Waals surface area contributed by atoms with Gasteiger partial charge in [0, 0.05) is 47.8 Å². The molecule has 5 rings (SSSR count). The second-order valence-corrected chi connectivity index (χ2v) is 13.4. The SMILES string of the molecule is CCOc1cc(C2C3=C(CC(C)(C)CC3=O)N(CC)C3=C2C(=O)CC(C)(C)C3)cc(Cl)c1OCc1ccc(F)cc1. The van der Waals surface area contributed by atoms with Crippen molar-refractivity contribution >= 4 is 23.2 Å². The molecule has 0 unspecified atom stereocenters. The summed E-state index contributed by atoms with van der Waals surface area (Å²) in [6, 6.07) is 9.78. The number of benzene rings is 2. The molecule has 0 saturated heterocycles. The van der Waals surface area contributed by atoms with Gasteiger partial charge in [0.05, 0.1) is 11.6 Å². The van der Waals surface area contributed by atoms with Crippen LogP contribution in [-0.4, -0.2) is 29.6 Å². The lowest BCUT2D eigenvalue weighted by Gasteiger charge is -2.49. The van der Waals surface area contributed by atoms with Crippen LogP contribution in [-0.2, 0) is 16.2 Å². The van der Waals surface area contributed by atoms with Crippen LogP contribution in [0.1, 0.15) is 84.3 Å². The van der Waals surface area contributed by atoms with Crippen LogP contribution in [0.3, 0.4) is 0 Å². The van der Waals surface area contributed by atoms with E-state index in [1.165, 1.54) is 12.1 Å². The van der Waals surface area contributed by atoms with Gasteiger partial charge in [-0.25, -0.2) is 4.39 Å². The van der Waals surface area contributed by atoms with E-state index in [4.69, 9.17) is 21.1 Å². The molecule has 0 amide bonds. The van der Waals surface area contributed by atoms with E-state index in [-0.39, 0.29) is 34.8 Å². The average Bonchev–Trinajstić information content (AvgIpc) is 2.87. The molecule has 0 saturated carbocycles. The third-order valence-corrected chi connectivity index (χ3v) is 8.58. The van der Waals surface area contributed by atoms with Crippen molar-refractivity contribution in [2.75, 3.05) is 13.2 Å². The molecule has 0 bridgehead atoms.